The highest BCUT2D eigenvalue weighted by atomic mass is 16.5. The van der Waals surface area contributed by atoms with Gasteiger partial charge in [0.25, 0.3) is 0 Å². The van der Waals surface area contributed by atoms with E-state index in [-0.39, 0.29) is 5.54 Å². The number of ether oxygens (including phenoxy) is 1. The van der Waals surface area contributed by atoms with Crippen LogP contribution in [0.3, 0.4) is 0 Å². The third-order valence-electron chi connectivity index (χ3n) is 4.05. The molecule has 3 nitrogen and oxygen atoms in total. The van der Waals surface area contributed by atoms with Crippen molar-refractivity contribution >= 4 is 0 Å². The Kier molecular flexibility index (Phi) is 3.65. The maximum atomic E-state index is 5.63. The van der Waals surface area contributed by atoms with Gasteiger partial charge in [0.15, 0.2) is 0 Å². The van der Waals surface area contributed by atoms with Crippen LogP contribution in [0.5, 0.6) is 0 Å². The third kappa shape index (κ3) is 2.71. The van der Waals surface area contributed by atoms with Gasteiger partial charge in [0.1, 0.15) is 0 Å². The molecule has 3 unspecified atom stereocenters. The predicted molar refractivity (Wildman–Crippen MR) is 62.1 cm³/mol. The van der Waals surface area contributed by atoms with Crippen molar-refractivity contribution in [3.05, 3.63) is 0 Å². The second kappa shape index (κ2) is 4.81. The van der Waals surface area contributed by atoms with Crippen LogP contribution in [-0.4, -0.2) is 37.4 Å². The zero-order valence-corrected chi connectivity index (χ0v) is 10.0. The SMILES string of the molecule is CC1OCCC1(C)NCC1CCCCN1. The number of hydrogen-bond acceptors (Lipinski definition) is 3. The van der Waals surface area contributed by atoms with Gasteiger partial charge in [-0.25, -0.2) is 0 Å². The van der Waals surface area contributed by atoms with E-state index in [1.807, 2.05) is 0 Å². The van der Waals surface area contributed by atoms with Gasteiger partial charge in [-0.3, -0.25) is 0 Å². The standard InChI is InChI=1S/C12H24N2O/c1-10-12(2,6-8-15-10)14-9-11-5-3-4-7-13-11/h10-11,13-14H,3-9H2,1-2H3. The molecule has 0 aromatic heterocycles. The van der Waals surface area contributed by atoms with E-state index in [1.165, 1.54) is 25.8 Å². The van der Waals surface area contributed by atoms with E-state index in [0.29, 0.717) is 12.1 Å². The zero-order valence-electron chi connectivity index (χ0n) is 10.0. The Bertz CT molecular complexity index is 204. The Labute approximate surface area is 93.0 Å². The lowest BCUT2D eigenvalue weighted by Crippen LogP contribution is -2.53. The number of piperidine rings is 1. The van der Waals surface area contributed by atoms with Crippen LogP contribution in [0, 0.1) is 0 Å². The van der Waals surface area contributed by atoms with Gasteiger partial charge in [0.2, 0.25) is 0 Å². The normalized spacial score (nSPS) is 42.0. The van der Waals surface area contributed by atoms with E-state index in [0.717, 1.165) is 19.6 Å². The van der Waals surface area contributed by atoms with Gasteiger partial charge in [-0.05, 0) is 39.7 Å². The zero-order chi connectivity index (χ0) is 10.7. The molecule has 0 spiro atoms. The van der Waals surface area contributed by atoms with E-state index < -0.39 is 0 Å². The number of nitrogens with one attached hydrogen (secondary N) is 2. The van der Waals surface area contributed by atoms with Crippen LogP contribution in [0.25, 0.3) is 0 Å². The molecule has 0 aromatic carbocycles. The Balaban J connectivity index is 1.76. The molecular formula is C12H24N2O. The lowest BCUT2D eigenvalue weighted by atomic mass is 9.93. The molecule has 2 heterocycles. The monoisotopic (exact) mass is 212 g/mol. The lowest BCUT2D eigenvalue weighted by molar-refractivity contribution is 0.0874. The van der Waals surface area contributed by atoms with Gasteiger partial charge in [-0.2, -0.15) is 0 Å². The molecule has 3 heteroatoms. The van der Waals surface area contributed by atoms with E-state index in [4.69, 9.17) is 4.74 Å². The molecule has 88 valence electrons. The van der Waals surface area contributed by atoms with Crippen LogP contribution in [0.1, 0.15) is 39.5 Å². The van der Waals surface area contributed by atoms with Gasteiger partial charge in [0, 0.05) is 24.7 Å². The maximum Gasteiger partial charge on any atom is 0.0726 e. The summed E-state index contributed by atoms with van der Waals surface area (Å²) in [5.74, 6) is 0. The van der Waals surface area contributed by atoms with Crippen LogP contribution in [0.2, 0.25) is 0 Å². The molecule has 2 aliphatic rings. The lowest BCUT2D eigenvalue weighted by Gasteiger charge is -2.32. The summed E-state index contributed by atoms with van der Waals surface area (Å²) in [5.41, 5.74) is 0.194. The van der Waals surface area contributed by atoms with Gasteiger partial charge in [-0.15, -0.1) is 0 Å². The van der Waals surface area contributed by atoms with Gasteiger partial charge in [-0.1, -0.05) is 6.42 Å². The predicted octanol–water partition coefficient (Wildman–Crippen LogP) is 1.29. The Morgan fingerprint density at radius 2 is 2.33 bits per heavy atom. The minimum Gasteiger partial charge on any atom is -0.377 e. The van der Waals surface area contributed by atoms with Gasteiger partial charge in [0.05, 0.1) is 6.10 Å². The molecule has 0 aliphatic carbocycles. The fraction of sp³-hybridized carbons (Fsp3) is 1.00. The smallest absolute Gasteiger partial charge is 0.0726 e. The van der Waals surface area contributed by atoms with Gasteiger partial charge < -0.3 is 15.4 Å². The summed E-state index contributed by atoms with van der Waals surface area (Å²) in [6.07, 6.45) is 5.52. The van der Waals surface area contributed by atoms with Crippen molar-refractivity contribution in [3.63, 3.8) is 0 Å². The fourth-order valence-electron chi connectivity index (χ4n) is 2.52. The third-order valence-corrected chi connectivity index (χ3v) is 4.05. The van der Waals surface area contributed by atoms with E-state index in [1.54, 1.807) is 0 Å². The largest absolute Gasteiger partial charge is 0.377 e. The highest BCUT2D eigenvalue weighted by Crippen LogP contribution is 2.25. The number of hydrogen-bond donors (Lipinski definition) is 2. The van der Waals surface area contributed by atoms with Crippen molar-refractivity contribution in [2.45, 2.75) is 57.2 Å². The highest BCUT2D eigenvalue weighted by molar-refractivity contribution is 4.94. The molecule has 2 fully saturated rings. The summed E-state index contributed by atoms with van der Waals surface area (Å²) in [5, 5.41) is 7.26. The molecule has 2 N–H and O–H groups in total. The Morgan fingerprint density at radius 3 is 2.93 bits per heavy atom. The first kappa shape index (κ1) is 11.4. The molecule has 2 saturated heterocycles. The maximum absolute atomic E-state index is 5.63. The molecule has 0 radical (unpaired) electrons. The van der Waals surface area contributed by atoms with Crippen LogP contribution in [0.4, 0.5) is 0 Å². The number of rotatable bonds is 3. The summed E-state index contributed by atoms with van der Waals surface area (Å²) in [6.45, 7) is 7.64. The van der Waals surface area contributed by atoms with Crippen LogP contribution < -0.4 is 10.6 Å². The summed E-state index contributed by atoms with van der Waals surface area (Å²) in [6, 6.07) is 0.670. The quantitative estimate of drug-likeness (QED) is 0.739. The molecule has 0 bridgehead atoms. The highest BCUT2D eigenvalue weighted by Gasteiger charge is 2.36. The average molecular weight is 212 g/mol. The second-order valence-electron chi connectivity index (χ2n) is 5.21. The molecule has 0 amide bonds. The van der Waals surface area contributed by atoms with E-state index in [9.17, 15) is 0 Å². The van der Waals surface area contributed by atoms with Gasteiger partial charge >= 0.3 is 0 Å². The van der Waals surface area contributed by atoms with Crippen molar-refractivity contribution < 1.29 is 4.74 Å². The van der Waals surface area contributed by atoms with Crippen LogP contribution in [-0.2, 0) is 4.74 Å². The molecule has 2 aliphatic heterocycles. The summed E-state index contributed by atoms with van der Waals surface area (Å²) in [7, 11) is 0. The second-order valence-corrected chi connectivity index (χ2v) is 5.21. The first-order chi connectivity index (χ1) is 7.21. The molecule has 0 saturated carbocycles. The van der Waals surface area contributed by atoms with Crippen molar-refractivity contribution in [2.24, 2.45) is 0 Å². The molecule has 3 atom stereocenters. The fourth-order valence-corrected chi connectivity index (χ4v) is 2.52. The van der Waals surface area contributed by atoms with Crippen molar-refractivity contribution in [2.75, 3.05) is 19.7 Å². The van der Waals surface area contributed by atoms with Crippen molar-refractivity contribution in [3.8, 4) is 0 Å². The minimum atomic E-state index is 0.194. The van der Waals surface area contributed by atoms with Crippen molar-refractivity contribution in [1.29, 1.82) is 0 Å². The summed E-state index contributed by atoms with van der Waals surface area (Å²) >= 11 is 0. The first-order valence-electron chi connectivity index (χ1n) is 6.31. The van der Waals surface area contributed by atoms with Crippen molar-refractivity contribution in [1.82, 2.24) is 10.6 Å². The summed E-state index contributed by atoms with van der Waals surface area (Å²) in [4.78, 5) is 0. The van der Waals surface area contributed by atoms with E-state index >= 15 is 0 Å². The van der Waals surface area contributed by atoms with Crippen LogP contribution in [0.15, 0.2) is 0 Å². The van der Waals surface area contributed by atoms with Crippen LogP contribution >= 0.6 is 0 Å². The molecular weight excluding hydrogens is 188 g/mol. The molecule has 2 rings (SSSR count). The topological polar surface area (TPSA) is 33.3 Å². The Hall–Kier alpha value is -0.120. The molecule has 0 aromatic rings. The average Bonchev–Trinajstić information content (AvgIpc) is 2.59. The van der Waals surface area contributed by atoms with E-state index in [2.05, 4.69) is 24.5 Å². The summed E-state index contributed by atoms with van der Waals surface area (Å²) < 4.78 is 5.63. The minimum absolute atomic E-state index is 0.194. The molecule has 15 heavy (non-hydrogen) atoms. The first-order valence-corrected chi connectivity index (χ1v) is 6.31. The Morgan fingerprint density at radius 1 is 1.47 bits per heavy atom.